The summed E-state index contributed by atoms with van der Waals surface area (Å²) in [6.45, 7) is -0.0188. The SMILES string of the molecule is N/C(=N/O)c1ccc(OCc2cccc(Cl)c2F)c(Cl)c1. The van der Waals surface area contributed by atoms with Crippen LogP contribution in [0.2, 0.25) is 10.0 Å². The molecule has 0 atom stereocenters. The first-order valence-electron chi connectivity index (χ1n) is 5.86. The second-order valence-electron chi connectivity index (χ2n) is 4.13. The van der Waals surface area contributed by atoms with E-state index in [2.05, 4.69) is 5.16 Å². The van der Waals surface area contributed by atoms with Crippen LogP contribution in [-0.2, 0) is 6.61 Å². The van der Waals surface area contributed by atoms with E-state index in [0.29, 0.717) is 16.9 Å². The molecule has 0 aliphatic carbocycles. The number of ether oxygens (including phenoxy) is 1. The number of nitrogens with two attached hydrogens (primary N) is 1. The average Bonchev–Trinajstić information content (AvgIpc) is 2.49. The highest BCUT2D eigenvalue weighted by Gasteiger charge is 2.09. The number of benzene rings is 2. The molecule has 0 aliphatic heterocycles. The molecule has 3 N–H and O–H groups in total. The molecule has 0 saturated carbocycles. The van der Waals surface area contributed by atoms with Crippen molar-refractivity contribution in [3.8, 4) is 5.75 Å². The Morgan fingerprint density at radius 1 is 1.24 bits per heavy atom. The highest BCUT2D eigenvalue weighted by Crippen LogP contribution is 2.27. The fourth-order valence-electron chi connectivity index (χ4n) is 1.65. The lowest BCUT2D eigenvalue weighted by Gasteiger charge is -2.10. The Kier molecular flexibility index (Phi) is 4.88. The smallest absolute Gasteiger partial charge is 0.170 e. The van der Waals surface area contributed by atoms with E-state index in [-0.39, 0.29) is 22.5 Å². The fraction of sp³-hybridized carbons (Fsp3) is 0.0714. The second-order valence-corrected chi connectivity index (χ2v) is 4.95. The van der Waals surface area contributed by atoms with Gasteiger partial charge in [-0.2, -0.15) is 0 Å². The zero-order valence-corrected chi connectivity index (χ0v) is 12.2. The van der Waals surface area contributed by atoms with E-state index in [1.807, 2.05) is 0 Å². The standard InChI is InChI=1S/C14H11Cl2FN2O2/c15-10-3-1-2-9(13(10)17)7-21-12-5-4-8(6-11(12)16)14(18)19-20/h1-6,20H,7H2,(H2,18,19). The molecule has 0 amide bonds. The molecule has 21 heavy (non-hydrogen) atoms. The van der Waals surface area contributed by atoms with Gasteiger partial charge in [0.05, 0.1) is 10.0 Å². The molecule has 0 aromatic heterocycles. The maximum absolute atomic E-state index is 13.7. The summed E-state index contributed by atoms with van der Waals surface area (Å²) in [4.78, 5) is 0. The number of hydrogen-bond donors (Lipinski definition) is 2. The monoisotopic (exact) mass is 328 g/mol. The minimum absolute atomic E-state index is 0.0188. The molecule has 0 bridgehead atoms. The quantitative estimate of drug-likeness (QED) is 0.388. The third-order valence-corrected chi connectivity index (χ3v) is 3.34. The highest BCUT2D eigenvalue weighted by atomic mass is 35.5. The average molecular weight is 329 g/mol. The van der Waals surface area contributed by atoms with Crippen LogP contribution in [0.1, 0.15) is 11.1 Å². The number of rotatable bonds is 4. The molecular weight excluding hydrogens is 318 g/mol. The van der Waals surface area contributed by atoms with Gasteiger partial charge in [-0.05, 0) is 24.3 Å². The van der Waals surface area contributed by atoms with Crippen molar-refractivity contribution >= 4 is 29.0 Å². The first-order chi connectivity index (χ1) is 10.0. The summed E-state index contributed by atoms with van der Waals surface area (Å²) >= 11 is 11.7. The first-order valence-corrected chi connectivity index (χ1v) is 6.61. The van der Waals surface area contributed by atoms with Crippen LogP contribution in [-0.4, -0.2) is 11.0 Å². The summed E-state index contributed by atoms with van der Waals surface area (Å²) in [5.41, 5.74) is 6.22. The van der Waals surface area contributed by atoms with Crippen LogP contribution in [0, 0.1) is 5.82 Å². The minimum Gasteiger partial charge on any atom is -0.487 e. The van der Waals surface area contributed by atoms with Crippen LogP contribution in [0.3, 0.4) is 0 Å². The lowest BCUT2D eigenvalue weighted by Crippen LogP contribution is -2.12. The van der Waals surface area contributed by atoms with Crippen LogP contribution in [0.15, 0.2) is 41.6 Å². The van der Waals surface area contributed by atoms with Crippen molar-refractivity contribution in [2.24, 2.45) is 10.9 Å². The Hall–Kier alpha value is -1.98. The van der Waals surface area contributed by atoms with Crippen LogP contribution in [0.5, 0.6) is 5.75 Å². The number of oxime groups is 1. The zero-order valence-electron chi connectivity index (χ0n) is 10.7. The highest BCUT2D eigenvalue weighted by molar-refractivity contribution is 6.32. The predicted molar refractivity (Wildman–Crippen MR) is 79.7 cm³/mol. The predicted octanol–water partition coefficient (Wildman–Crippen LogP) is 3.81. The second kappa shape index (κ2) is 6.65. The Morgan fingerprint density at radius 2 is 2.00 bits per heavy atom. The van der Waals surface area contributed by atoms with Crippen molar-refractivity contribution < 1.29 is 14.3 Å². The van der Waals surface area contributed by atoms with Crippen molar-refractivity contribution in [3.63, 3.8) is 0 Å². The summed E-state index contributed by atoms with van der Waals surface area (Å²) in [6, 6.07) is 9.27. The van der Waals surface area contributed by atoms with Crippen LogP contribution in [0.25, 0.3) is 0 Å². The molecule has 0 aliphatic rings. The molecule has 0 radical (unpaired) electrons. The van der Waals surface area contributed by atoms with Crippen LogP contribution >= 0.6 is 23.2 Å². The van der Waals surface area contributed by atoms with Gasteiger partial charge in [0.15, 0.2) is 5.84 Å². The molecule has 4 nitrogen and oxygen atoms in total. The minimum atomic E-state index is -0.524. The molecule has 0 unspecified atom stereocenters. The van der Waals surface area contributed by atoms with Gasteiger partial charge in [0.2, 0.25) is 0 Å². The van der Waals surface area contributed by atoms with E-state index in [0.717, 1.165) is 0 Å². The molecule has 0 heterocycles. The van der Waals surface area contributed by atoms with Gasteiger partial charge in [-0.25, -0.2) is 4.39 Å². The summed E-state index contributed by atoms with van der Waals surface area (Å²) < 4.78 is 19.2. The van der Waals surface area contributed by atoms with E-state index < -0.39 is 5.82 Å². The van der Waals surface area contributed by atoms with Gasteiger partial charge in [0, 0.05) is 11.1 Å². The summed E-state index contributed by atoms with van der Waals surface area (Å²) in [7, 11) is 0. The summed E-state index contributed by atoms with van der Waals surface area (Å²) in [5.74, 6) is -0.238. The van der Waals surface area contributed by atoms with Crippen molar-refractivity contribution in [2.45, 2.75) is 6.61 Å². The van der Waals surface area contributed by atoms with Gasteiger partial charge in [0.1, 0.15) is 18.2 Å². The van der Waals surface area contributed by atoms with Crippen molar-refractivity contribution in [1.82, 2.24) is 0 Å². The van der Waals surface area contributed by atoms with E-state index in [4.69, 9.17) is 38.9 Å². The van der Waals surface area contributed by atoms with E-state index >= 15 is 0 Å². The Labute approximate surface area is 130 Å². The molecule has 2 aromatic rings. The van der Waals surface area contributed by atoms with Crippen molar-refractivity contribution in [2.75, 3.05) is 0 Å². The molecule has 2 aromatic carbocycles. The third-order valence-electron chi connectivity index (χ3n) is 2.75. The van der Waals surface area contributed by atoms with Gasteiger partial charge in [-0.15, -0.1) is 0 Å². The maximum Gasteiger partial charge on any atom is 0.170 e. The zero-order chi connectivity index (χ0) is 15.4. The molecule has 2 rings (SSSR count). The van der Waals surface area contributed by atoms with Gasteiger partial charge < -0.3 is 15.7 Å². The van der Waals surface area contributed by atoms with Crippen LogP contribution in [0.4, 0.5) is 4.39 Å². The topological polar surface area (TPSA) is 67.8 Å². The van der Waals surface area contributed by atoms with Gasteiger partial charge in [-0.3, -0.25) is 0 Å². The van der Waals surface area contributed by atoms with Gasteiger partial charge in [-0.1, -0.05) is 40.5 Å². The maximum atomic E-state index is 13.7. The molecule has 0 saturated heterocycles. The Bertz CT molecular complexity index is 693. The van der Waals surface area contributed by atoms with Crippen molar-refractivity contribution in [3.05, 3.63) is 63.4 Å². The number of nitrogens with zero attached hydrogens (tertiary/aromatic N) is 1. The third kappa shape index (κ3) is 3.56. The van der Waals surface area contributed by atoms with Crippen LogP contribution < -0.4 is 10.5 Å². The normalized spacial score (nSPS) is 11.5. The van der Waals surface area contributed by atoms with Crippen molar-refractivity contribution in [1.29, 1.82) is 0 Å². The number of amidine groups is 1. The van der Waals surface area contributed by atoms with E-state index in [9.17, 15) is 4.39 Å². The molecule has 110 valence electrons. The first kappa shape index (κ1) is 15.4. The lowest BCUT2D eigenvalue weighted by atomic mass is 10.2. The Balaban J connectivity index is 2.15. The van der Waals surface area contributed by atoms with Gasteiger partial charge in [0.25, 0.3) is 0 Å². The summed E-state index contributed by atoms with van der Waals surface area (Å²) in [5, 5.41) is 11.8. The Morgan fingerprint density at radius 3 is 2.67 bits per heavy atom. The molecule has 0 spiro atoms. The number of hydrogen-bond acceptors (Lipinski definition) is 3. The largest absolute Gasteiger partial charge is 0.487 e. The van der Waals surface area contributed by atoms with E-state index in [1.54, 1.807) is 24.3 Å². The lowest BCUT2D eigenvalue weighted by molar-refractivity contribution is 0.300. The van der Waals surface area contributed by atoms with Gasteiger partial charge >= 0.3 is 0 Å². The van der Waals surface area contributed by atoms with E-state index in [1.165, 1.54) is 12.1 Å². The molecular formula is C14H11Cl2FN2O2. The summed E-state index contributed by atoms with van der Waals surface area (Å²) in [6.07, 6.45) is 0. The molecule has 0 fully saturated rings. The number of halogens is 3. The fourth-order valence-corrected chi connectivity index (χ4v) is 2.08. The molecule has 7 heteroatoms.